The second-order valence-electron chi connectivity index (χ2n) is 6.94. The minimum Gasteiger partial charge on any atom is -0.465 e. The summed E-state index contributed by atoms with van der Waals surface area (Å²) in [6.07, 6.45) is 2.47. The number of methoxy groups -OCH3 is 1. The average molecular weight is 477 g/mol. The molecule has 0 radical (unpaired) electrons. The molecule has 0 unspecified atom stereocenters. The summed E-state index contributed by atoms with van der Waals surface area (Å²) >= 11 is 0. The standard InChI is InChI=1S/C21H21F2N5O4S/c1-12-4-5-17(16(22)8-12)27-18-11-26-14(10-15(18)21(29)32-3)9-13-6-7-25-20(19(13)23)28-33(30,31)24-2/h4-8,10-11,24,27H,9H2,1-3H3,(H,25,28). The number of ether oxygens (including phenoxy) is 1. The molecule has 0 aliphatic heterocycles. The van der Waals surface area contributed by atoms with Gasteiger partial charge in [-0.3, -0.25) is 9.71 Å². The predicted octanol–water partition coefficient (Wildman–Crippen LogP) is 3.06. The van der Waals surface area contributed by atoms with Gasteiger partial charge in [-0.2, -0.15) is 8.42 Å². The SMILES string of the molecule is CNS(=O)(=O)Nc1nccc(Cc2cc(C(=O)OC)c(Nc3ccc(C)cc3F)cn2)c1F. The highest BCUT2D eigenvalue weighted by Crippen LogP contribution is 2.26. The number of anilines is 3. The third kappa shape index (κ3) is 5.79. The predicted molar refractivity (Wildman–Crippen MR) is 119 cm³/mol. The van der Waals surface area contributed by atoms with Crippen LogP contribution in [-0.2, 0) is 21.4 Å². The molecule has 9 nitrogen and oxygen atoms in total. The summed E-state index contributed by atoms with van der Waals surface area (Å²) < 4.78 is 61.1. The summed E-state index contributed by atoms with van der Waals surface area (Å²) in [5.41, 5.74) is 1.52. The smallest absolute Gasteiger partial charge is 0.340 e. The Morgan fingerprint density at radius 1 is 1.12 bits per heavy atom. The van der Waals surface area contributed by atoms with Crippen LogP contribution in [0.3, 0.4) is 0 Å². The number of esters is 1. The number of hydrogen-bond acceptors (Lipinski definition) is 7. The molecular weight excluding hydrogens is 456 g/mol. The van der Waals surface area contributed by atoms with Crippen molar-refractivity contribution < 1.29 is 26.7 Å². The van der Waals surface area contributed by atoms with Crippen molar-refractivity contribution >= 4 is 33.4 Å². The highest BCUT2D eigenvalue weighted by Gasteiger charge is 2.18. The largest absolute Gasteiger partial charge is 0.465 e. The lowest BCUT2D eigenvalue weighted by Crippen LogP contribution is -2.27. The van der Waals surface area contributed by atoms with Crippen molar-refractivity contribution in [3.63, 3.8) is 0 Å². The molecule has 0 amide bonds. The molecule has 0 saturated carbocycles. The first kappa shape index (κ1) is 24.0. The van der Waals surface area contributed by atoms with Crippen LogP contribution in [0, 0.1) is 18.6 Å². The topological polar surface area (TPSA) is 122 Å². The van der Waals surface area contributed by atoms with Gasteiger partial charge in [0, 0.05) is 25.4 Å². The van der Waals surface area contributed by atoms with E-state index in [0.717, 1.165) is 5.56 Å². The molecule has 0 atom stereocenters. The Kier molecular flexibility index (Phi) is 7.19. The Morgan fingerprint density at radius 3 is 2.55 bits per heavy atom. The lowest BCUT2D eigenvalue weighted by atomic mass is 10.1. The number of carbonyl (C=O) groups is 1. The lowest BCUT2D eigenvalue weighted by molar-refractivity contribution is 0.0601. The van der Waals surface area contributed by atoms with Crippen molar-refractivity contribution in [2.45, 2.75) is 13.3 Å². The monoisotopic (exact) mass is 477 g/mol. The first-order chi connectivity index (χ1) is 15.6. The second-order valence-corrected chi connectivity index (χ2v) is 8.56. The van der Waals surface area contributed by atoms with E-state index in [4.69, 9.17) is 4.74 Å². The zero-order valence-electron chi connectivity index (χ0n) is 17.9. The number of aromatic nitrogens is 2. The van der Waals surface area contributed by atoms with Crippen molar-refractivity contribution in [1.29, 1.82) is 0 Å². The molecule has 0 aliphatic rings. The van der Waals surface area contributed by atoms with E-state index >= 15 is 0 Å². The van der Waals surface area contributed by atoms with Crippen molar-refractivity contribution in [2.75, 3.05) is 24.2 Å². The van der Waals surface area contributed by atoms with Gasteiger partial charge < -0.3 is 10.1 Å². The van der Waals surface area contributed by atoms with E-state index in [-0.39, 0.29) is 34.6 Å². The van der Waals surface area contributed by atoms with Crippen molar-refractivity contribution in [3.8, 4) is 0 Å². The molecule has 3 rings (SSSR count). The van der Waals surface area contributed by atoms with Gasteiger partial charge in [0.1, 0.15) is 5.82 Å². The molecule has 0 spiro atoms. The van der Waals surface area contributed by atoms with Crippen LogP contribution in [0.25, 0.3) is 0 Å². The third-order valence-electron chi connectivity index (χ3n) is 4.60. The van der Waals surface area contributed by atoms with Crippen LogP contribution in [0.15, 0.2) is 42.7 Å². The van der Waals surface area contributed by atoms with Gasteiger partial charge in [0.25, 0.3) is 10.2 Å². The Morgan fingerprint density at radius 2 is 1.88 bits per heavy atom. The van der Waals surface area contributed by atoms with Crippen LogP contribution in [0.4, 0.5) is 26.0 Å². The van der Waals surface area contributed by atoms with Gasteiger partial charge in [-0.05, 0) is 42.3 Å². The Labute approximate surface area is 189 Å². The lowest BCUT2D eigenvalue weighted by Gasteiger charge is -2.14. The molecule has 0 saturated heterocycles. The Hall–Kier alpha value is -3.64. The highest BCUT2D eigenvalue weighted by molar-refractivity contribution is 7.90. The van der Waals surface area contributed by atoms with Crippen LogP contribution < -0.4 is 14.8 Å². The maximum Gasteiger partial charge on any atom is 0.340 e. The van der Waals surface area contributed by atoms with Gasteiger partial charge >= 0.3 is 5.97 Å². The molecule has 3 aromatic rings. The molecule has 12 heteroatoms. The van der Waals surface area contributed by atoms with Crippen LogP contribution in [0.5, 0.6) is 0 Å². The van der Waals surface area contributed by atoms with E-state index in [1.165, 1.54) is 50.8 Å². The molecule has 3 N–H and O–H groups in total. The summed E-state index contributed by atoms with van der Waals surface area (Å²) in [7, 11) is -1.60. The maximum atomic E-state index is 14.8. The normalized spacial score (nSPS) is 11.2. The summed E-state index contributed by atoms with van der Waals surface area (Å²) in [5.74, 6) is -2.58. The van der Waals surface area contributed by atoms with E-state index in [2.05, 4.69) is 15.3 Å². The molecule has 0 fully saturated rings. The number of rotatable bonds is 8. The highest BCUT2D eigenvalue weighted by atomic mass is 32.2. The van der Waals surface area contributed by atoms with Crippen LogP contribution in [0.1, 0.15) is 27.2 Å². The van der Waals surface area contributed by atoms with Crippen molar-refractivity contribution in [1.82, 2.24) is 14.7 Å². The maximum absolute atomic E-state index is 14.8. The number of carbonyl (C=O) groups excluding carboxylic acids is 1. The summed E-state index contributed by atoms with van der Waals surface area (Å²) in [5, 5.41) is 2.82. The summed E-state index contributed by atoms with van der Waals surface area (Å²) in [6.45, 7) is 1.75. The Balaban J connectivity index is 1.93. The number of pyridine rings is 2. The number of benzene rings is 1. The molecular formula is C21H21F2N5O4S. The molecule has 0 aliphatic carbocycles. The number of nitrogens with one attached hydrogen (secondary N) is 3. The van der Waals surface area contributed by atoms with Crippen molar-refractivity contribution in [2.24, 2.45) is 0 Å². The van der Waals surface area contributed by atoms with Crippen molar-refractivity contribution in [3.05, 3.63) is 76.7 Å². The molecule has 174 valence electrons. The van der Waals surface area contributed by atoms with Gasteiger partial charge in [-0.15, -0.1) is 0 Å². The molecule has 1 aromatic carbocycles. The molecule has 2 aromatic heterocycles. The number of aryl methyl sites for hydroxylation is 1. The minimum atomic E-state index is -3.97. The first-order valence-electron chi connectivity index (χ1n) is 9.58. The summed E-state index contributed by atoms with van der Waals surface area (Å²) in [6, 6.07) is 7.32. The zero-order chi connectivity index (χ0) is 24.2. The fraction of sp³-hybridized carbons (Fsp3) is 0.190. The van der Waals surface area contributed by atoms with Crippen LogP contribution in [-0.4, -0.2) is 38.5 Å². The average Bonchev–Trinajstić information content (AvgIpc) is 2.78. The zero-order valence-corrected chi connectivity index (χ0v) is 18.8. The molecule has 2 heterocycles. The van der Waals surface area contributed by atoms with E-state index in [1.54, 1.807) is 13.0 Å². The number of nitrogens with zero attached hydrogens (tertiary/aromatic N) is 2. The quantitative estimate of drug-likeness (QED) is 0.426. The second kappa shape index (κ2) is 9.88. The van der Waals surface area contributed by atoms with E-state index in [0.29, 0.717) is 0 Å². The van der Waals surface area contributed by atoms with E-state index < -0.39 is 33.6 Å². The molecule has 0 bridgehead atoms. The van der Waals surface area contributed by atoms with Gasteiger partial charge in [0.2, 0.25) is 0 Å². The summed E-state index contributed by atoms with van der Waals surface area (Å²) in [4.78, 5) is 20.3. The van der Waals surface area contributed by atoms with Gasteiger partial charge in [-0.1, -0.05) is 6.07 Å². The fourth-order valence-electron chi connectivity index (χ4n) is 2.91. The van der Waals surface area contributed by atoms with Gasteiger partial charge in [-0.25, -0.2) is 23.3 Å². The minimum absolute atomic E-state index is 0.0630. The van der Waals surface area contributed by atoms with Gasteiger partial charge in [0.15, 0.2) is 11.6 Å². The van der Waals surface area contributed by atoms with Crippen LogP contribution in [0.2, 0.25) is 0 Å². The fourth-order valence-corrected chi connectivity index (χ4v) is 3.40. The third-order valence-corrected chi connectivity index (χ3v) is 5.60. The Bertz CT molecular complexity index is 1300. The van der Waals surface area contributed by atoms with E-state index in [1.807, 2.05) is 9.44 Å². The first-order valence-corrected chi connectivity index (χ1v) is 11.1. The number of hydrogen-bond donors (Lipinski definition) is 3. The van der Waals surface area contributed by atoms with E-state index in [9.17, 15) is 22.0 Å². The molecule has 33 heavy (non-hydrogen) atoms. The van der Waals surface area contributed by atoms with Crippen LogP contribution >= 0.6 is 0 Å². The van der Waals surface area contributed by atoms with Gasteiger partial charge in [0.05, 0.1) is 30.2 Å². The number of halogens is 2.